The molecule has 0 aliphatic carbocycles. The van der Waals surface area contributed by atoms with E-state index in [1.807, 2.05) is 17.0 Å². The van der Waals surface area contributed by atoms with E-state index in [2.05, 4.69) is 11.4 Å². The summed E-state index contributed by atoms with van der Waals surface area (Å²) in [5.74, 6) is 0.672. The second-order valence-corrected chi connectivity index (χ2v) is 5.72. The number of benzene rings is 1. The normalized spacial score (nSPS) is 20.4. The van der Waals surface area contributed by atoms with Gasteiger partial charge in [-0.3, -0.25) is 4.79 Å². The third kappa shape index (κ3) is 3.33. The number of methoxy groups -OCH3 is 1. The highest BCUT2D eigenvalue weighted by molar-refractivity contribution is 5.97. The molecule has 4 nitrogen and oxygen atoms in total. The number of carbonyl (C=O) groups is 1. The lowest BCUT2D eigenvalue weighted by atomic mass is 9.97. The van der Waals surface area contributed by atoms with Gasteiger partial charge >= 0.3 is 0 Å². The van der Waals surface area contributed by atoms with Gasteiger partial charge in [-0.15, -0.1) is 12.4 Å². The van der Waals surface area contributed by atoms with Crippen LogP contribution in [-0.2, 0) is 11.2 Å². The van der Waals surface area contributed by atoms with Crippen molar-refractivity contribution in [3.8, 4) is 0 Å². The fourth-order valence-electron chi connectivity index (χ4n) is 3.27. The average Bonchev–Trinajstić information content (AvgIpc) is 2.95. The Bertz CT molecular complexity index is 507. The summed E-state index contributed by atoms with van der Waals surface area (Å²) in [6.45, 7) is 3.43. The van der Waals surface area contributed by atoms with E-state index < -0.39 is 0 Å². The average molecular weight is 311 g/mol. The first kappa shape index (κ1) is 16.1. The molecule has 2 aliphatic heterocycles. The van der Waals surface area contributed by atoms with E-state index in [-0.39, 0.29) is 18.3 Å². The van der Waals surface area contributed by atoms with Gasteiger partial charge in [0, 0.05) is 43.9 Å². The summed E-state index contributed by atoms with van der Waals surface area (Å²) in [6.07, 6.45) is 3.15. The quantitative estimate of drug-likeness (QED) is 0.933. The summed E-state index contributed by atoms with van der Waals surface area (Å²) < 4.78 is 5.20. The number of rotatable bonds is 3. The summed E-state index contributed by atoms with van der Waals surface area (Å²) in [7, 11) is 1.73. The van der Waals surface area contributed by atoms with E-state index in [1.165, 1.54) is 5.56 Å². The van der Waals surface area contributed by atoms with Gasteiger partial charge in [0.05, 0.1) is 6.61 Å². The zero-order chi connectivity index (χ0) is 13.9. The molecule has 0 bridgehead atoms. The van der Waals surface area contributed by atoms with Crippen molar-refractivity contribution in [1.29, 1.82) is 0 Å². The SMILES string of the molecule is COCC1CCN(C(=O)c2cccc3c2CCCN3)C1.Cl. The van der Waals surface area contributed by atoms with Gasteiger partial charge in [0.25, 0.3) is 5.91 Å². The van der Waals surface area contributed by atoms with Crippen molar-refractivity contribution in [3.05, 3.63) is 29.3 Å². The van der Waals surface area contributed by atoms with Gasteiger partial charge in [-0.25, -0.2) is 0 Å². The molecule has 1 unspecified atom stereocenters. The first-order chi connectivity index (χ1) is 9.79. The summed E-state index contributed by atoms with van der Waals surface area (Å²) >= 11 is 0. The molecule has 5 heteroatoms. The Morgan fingerprint density at radius 3 is 3.14 bits per heavy atom. The fourth-order valence-corrected chi connectivity index (χ4v) is 3.27. The lowest BCUT2D eigenvalue weighted by Crippen LogP contribution is -2.30. The highest BCUT2D eigenvalue weighted by atomic mass is 35.5. The van der Waals surface area contributed by atoms with Gasteiger partial charge in [0.2, 0.25) is 0 Å². The number of anilines is 1. The molecule has 1 fully saturated rings. The van der Waals surface area contributed by atoms with Crippen LogP contribution in [0.25, 0.3) is 0 Å². The molecule has 0 radical (unpaired) electrons. The van der Waals surface area contributed by atoms with Crippen molar-refractivity contribution >= 4 is 24.0 Å². The van der Waals surface area contributed by atoms with Crippen LogP contribution in [0, 0.1) is 5.92 Å². The van der Waals surface area contributed by atoms with Gasteiger partial charge in [0.15, 0.2) is 0 Å². The van der Waals surface area contributed by atoms with E-state index >= 15 is 0 Å². The van der Waals surface area contributed by atoms with Gasteiger partial charge in [0.1, 0.15) is 0 Å². The molecule has 1 aromatic rings. The molecular weight excluding hydrogens is 288 g/mol. The molecule has 2 aliphatic rings. The molecule has 116 valence electrons. The Balaban J connectivity index is 0.00000161. The van der Waals surface area contributed by atoms with E-state index in [1.54, 1.807) is 7.11 Å². The Morgan fingerprint density at radius 1 is 1.48 bits per heavy atom. The monoisotopic (exact) mass is 310 g/mol. The Morgan fingerprint density at radius 2 is 2.33 bits per heavy atom. The third-order valence-electron chi connectivity index (χ3n) is 4.30. The van der Waals surface area contributed by atoms with Crippen LogP contribution in [0.4, 0.5) is 5.69 Å². The first-order valence-electron chi connectivity index (χ1n) is 7.43. The van der Waals surface area contributed by atoms with Crippen molar-refractivity contribution in [2.24, 2.45) is 5.92 Å². The minimum atomic E-state index is 0. The predicted octanol–water partition coefficient (Wildman–Crippen LogP) is 2.58. The Hall–Kier alpha value is -1.26. The van der Waals surface area contributed by atoms with Crippen molar-refractivity contribution in [3.63, 3.8) is 0 Å². The largest absolute Gasteiger partial charge is 0.385 e. The zero-order valence-corrected chi connectivity index (χ0v) is 13.2. The number of hydrogen-bond acceptors (Lipinski definition) is 3. The van der Waals surface area contributed by atoms with Crippen LogP contribution in [0.1, 0.15) is 28.8 Å². The number of halogens is 1. The molecule has 1 aromatic carbocycles. The van der Waals surface area contributed by atoms with Gasteiger partial charge in [-0.1, -0.05) is 6.07 Å². The van der Waals surface area contributed by atoms with E-state index in [0.717, 1.165) is 56.8 Å². The maximum Gasteiger partial charge on any atom is 0.254 e. The molecule has 2 heterocycles. The van der Waals surface area contributed by atoms with Crippen LogP contribution in [0.3, 0.4) is 0 Å². The summed E-state index contributed by atoms with van der Waals surface area (Å²) in [6, 6.07) is 6.02. The number of fused-ring (bicyclic) bond motifs is 1. The molecule has 0 saturated carbocycles. The smallest absolute Gasteiger partial charge is 0.254 e. The molecule has 21 heavy (non-hydrogen) atoms. The van der Waals surface area contributed by atoms with Crippen LogP contribution in [0.2, 0.25) is 0 Å². The van der Waals surface area contributed by atoms with E-state index in [4.69, 9.17) is 4.74 Å². The third-order valence-corrected chi connectivity index (χ3v) is 4.30. The van der Waals surface area contributed by atoms with Crippen molar-refractivity contribution in [2.45, 2.75) is 19.3 Å². The minimum Gasteiger partial charge on any atom is -0.385 e. The van der Waals surface area contributed by atoms with Crippen molar-refractivity contribution in [2.75, 3.05) is 38.7 Å². The number of ether oxygens (including phenoxy) is 1. The maximum absolute atomic E-state index is 12.7. The Labute approximate surface area is 132 Å². The molecule has 1 saturated heterocycles. The van der Waals surface area contributed by atoms with Crippen LogP contribution >= 0.6 is 12.4 Å². The van der Waals surface area contributed by atoms with Gasteiger partial charge < -0.3 is 15.0 Å². The minimum absolute atomic E-state index is 0. The number of hydrogen-bond donors (Lipinski definition) is 1. The molecule has 1 atom stereocenters. The topological polar surface area (TPSA) is 41.6 Å². The molecule has 0 aromatic heterocycles. The van der Waals surface area contributed by atoms with E-state index in [9.17, 15) is 4.79 Å². The lowest BCUT2D eigenvalue weighted by molar-refractivity contribution is 0.0774. The number of likely N-dealkylation sites (tertiary alicyclic amines) is 1. The molecule has 1 amide bonds. The maximum atomic E-state index is 12.7. The summed E-state index contributed by atoms with van der Waals surface area (Å²) in [5, 5.41) is 3.39. The summed E-state index contributed by atoms with van der Waals surface area (Å²) in [5.41, 5.74) is 3.21. The standard InChI is InChI=1S/C16H22N2O2.ClH/c1-20-11-12-7-9-18(10-12)16(19)14-4-2-6-15-13(14)5-3-8-17-15;/h2,4,6,12,17H,3,5,7-11H2,1H3;1H. The molecular formula is C16H23ClN2O2. The second kappa shape index (κ2) is 7.14. The zero-order valence-electron chi connectivity index (χ0n) is 12.4. The van der Waals surface area contributed by atoms with E-state index in [0.29, 0.717) is 5.92 Å². The summed E-state index contributed by atoms with van der Waals surface area (Å²) in [4.78, 5) is 14.7. The van der Waals surface area contributed by atoms with Crippen molar-refractivity contribution < 1.29 is 9.53 Å². The Kier molecular flexibility index (Phi) is 5.48. The van der Waals surface area contributed by atoms with Gasteiger partial charge in [-0.05, 0) is 37.0 Å². The number of carbonyl (C=O) groups excluding carboxylic acids is 1. The molecule has 0 spiro atoms. The molecule has 1 N–H and O–H groups in total. The second-order valence-electron chi connectivity index (χ2n) is 5.72. The van der Waals surface area contributed by atoms with Crippen LogP contribution < -0.4 is 5.32 Å². The van der Waals surface area contributed by atoms with Crippen LogP contribution in [0.15, 0.2) is 18.2 Å². The van der Waals surface area contributed by atoms with Gasteiger partial charge in [-0.2, -0.15) is 0 Å². The number of amides is 1. The highest BCUT2D eigenvalue weighted by Crippen LogP contribution is 2.27. The van der Waals surface area contributed by atoms with Crippen LogP contribution in [-0.4, -0.2) is 44.2 Å². The number of nitrogens with one attached hydrogen (secondary N) is 1. The molecule has 3 rings (SSSR count). The first-order valence-corrected chi connectivity index (χ1v) is 7.43. The fraction of sp³-hybridized carbons (Fsp3) is 0.562. The predicted molar refractivity (Wildman–Crippen MR) is 86.4 cm³/mol. The van der Waals surface area contributed by atoms with Crippen molar-refractivity contribution in [1.82, 2.24) is 4.90 Å². The van der Waals surface area contributed by atoms with Crippen LogP contribution in [0.5, 0.6) is 0 Å². The number of nitrogens with zero attached hydrogens (tertiary/aromatic N) is 1. The lowest BCUT2D eigenvalue weighted by Gasteiger charge is -2.23. The highest BCUT2D eigenvalue weighted by Gasteiger charge is 2.28.